The van der Waals surface area contributed by atoms with Crippen LogP contribution in [0.15, 0.2) is 84.9 Å². The molecule has 2 unspecified atom stereocenters. The van der Waals surface area contributed by atoms with Gasteiger partial charge >= 0.3 is 0 Å². The summed E-state index contributed by atoms with van der Waals surface area (Å²) >= 11 is 0. The number of fused-ring (bicyclic) bond motifs is 2. The Morgan fingerprint density at radius 2 is 1.63 bits per heavy atom. The molecule has 4 aromatic carbocycles. The molecular weight excluding hydrogens is 570 g/mol. The number of carbonyl (C=O) groups excluding carboxylic acids is 3. The maximum absolute atomic E-state index is 14.3. The number of likely N-dealkylation sites (N-methyl/N-ethyl adjacent to an activating group) is 1. The molecule has 1 aliphatic rings. The van der Waals surface area contributed by atoms with Gasteiger partial charge in [0.15, 0.2) is 0 Å². The van der Waals surface area contributed by atoms with E-state index in [-0.39, 0.29) is 48.6 Å². The van der Waals surface area contributed by atoms with Crippen molar-refractivity contribution in [3.63, 3.8) is 0 Å². The van der Waals surface area contributed by atoms with Crippen molar-refractivity contribution in [2.45, 2.75) is 32.5 Å². The molecule has 0 fully saturated rings. The summed E-state index contributed by atoms with van der Waals surface area (Å²) < 4.78 is 0. The van der Waals surface area contributed by atoms with Crippen molar-refractivity contribution in [2.75, 3.05) is 23.4 Å². The van der Waals surface area contributed by atoms with E-state index in [1.165, 1.54) is 29.2 Å². The normalized spacial score (nSPS) is 15.2. The highest BCUT2D eigenvalue weighted by atomic mass is 35.5. The number of nitro groups is 1. The minimum atomic E-state index is -1.06. The number of nitro benzene ring substituents is 1. The molecule has 11 heteroatoms. The van der Waals surface area contributed by atoms with Gasteiger partial charge in [-0.05, 0) is 67.1 Å². The minimum Gasteiger partial charge on any atom is -0.341 e. The second-order valence-corrected chi connectivity index (χ2v) is 10.3. The summed E-state index contributed by atoms with van der Waals surface area (Å²) in [7, 11) is 1.65. The molecule has 0 aliphatic carbocycles. The fourth-order valence-corrected chi connectivity index (χ4v) is 5.17. The first-order valence-electron chi connectivity index (χ1n) is 13.6. The average molecular weight is 602 g/mol. The van der Waals surface area contributed by atoms with Crippen molar-refractivity contribution < 1.29 is 19.3 Å². The SMILES string of the molecule is CNC(C)C(=O)NC1CN(C(=O)c2ccc([N+](=O)[O-])cc2)c2ccccc2N(Cc2c(C)ccc3ccccc23)C1=O.Cl. The second kappa shape index (κ2) is 13.0. The number of anilines is 2. The van der Waals surface area contributed by atoms with Crippen LogP contribution in [0.2, 0.25) is 0 Å². The van der Waals surface area contributed by atoms with Crippen LogP contribution in [0.1, 0.15) is 28.4 Å². The van der Waals surface area contributed by atoms with E-state index in [9.17, 15) is 24.5 Å². The first-order valence-corrected chi connectivity index (χ1v) is 13.6. The summed E-state index contributed by atoms with van der Waals surface area (Å²) in [5.74, 6) is -1.19. The molecule has 0 bridgehead atoms. The number of carbonyl (C=O) groups is 3. The highest BCUT2D eigenvalue weighted by molar-refractivity contribution is 6.13. The van der Waals surface area contributed by atoms with Crippen molar-refractivity contribution in [2.24, 2.45) is 0 Å². The highest BCUT2D eigenvalue weighted by Crippen LogP contribution is 2.36. The molecule has 0 saturated carbocycles. The Balaban J connectivity index is 0.00000423. The van der Waals surface area contributed by atoms with E-state index in [1.807, 2.05) is 43.3 Å². The number of nitrogens with zero attached hydrogens (tertiary/aromatic N) is 3. The number of benzene rings is 4. The molecule has 1 heterocycles. The average Bonchev–Trinajstić information content (AvgIpc) is 3.12. The predicted molar refractivity (Wildman–Crippen MR) is 169 cm³/mol. The zero-order valence-electron chi connectivity index (χ0n) is 23.9. The molecule has 2 atom stereocenters. The van der Waals surface area contributed by atoms with Crippen molar-refractivity contribution in [3.05, 3.63) is 112 Å². The Labute approximate surface area is 255 Å². The van der Waals surface area contributed by atoms with Crippen LogP contribution in [0.25, 0.3) is 10.8 Å². The van der Waals surface area contributed by atoms with Gasteiger partial charge in [-0.3, -0.25) is 24.5 Å². The third-order valence-electron chi connectivity index (χ3n) is 7.70. The number of rotatable bonds is 7. The quantitative estimate of drug-likeness (QED) is 0.232. The third kappa shape index (κ3) is 6.20. The van der Waals surface area contributed by atoms with Crippen molar-refractivity contribution in [1.29, 1.82) is 0 Å². The highest BCUT2D eigenvalue weighted by Gasteiger charge is 2.38. The molecule has 10 nitrogen and oxygen atoms in total. The van der Waals surface area contributed by atoms with Crippen LogP contribution in [0.5, 0.6) is 0 Å². The van der Waals surface area contributed by atoms with Gasteiger partial charge in [0.1, 0.15) is 6.04 Å². The Morgan fingerprint density at radius 3 is 2.30 bits per heavy atom. The summed E-state index contributed by atoms with van der Waals surface area (Å²) in [5, 5.41) is 18.9. The maximum atomic E-state index is 14.3. The van der Waals surface area contributed by atoms with Gasteiger partial charge in [-0.1, -0.05) is 48.5 Å². The van der Waals surface area contributed by atoms with Gasteiger partial charge in [0.2, 0.25) is 5.91 Å². The Bertz CT molecular complexity index is 1690. The van der Waals surface area contributed by atoms with Gasteiger partial charge < -0.3 is 20.4 Å². The summed E-state index contributed by atoms with van der Waals surface area (Å²) in [6.45, 7) is 3.77. The zero-order chi connectivity index (χ0) is 30.0. The van der Waals surface area contributed by atoms with E-state index in [0.717, 1.165) is 21.9 Å². The van der Waals surface area contributed by atoms with Crippen LogP contribution in [-0.2, 0) is 16.1 Å². The number of aryl methyl sites for hydroxylation is 1. The largest absolute Gasteiger partial charge is 0.341 e. The molecular formula is C32H32ClN5O5. The van der Waals surface area contributed by atoms with Crippen molar-refractivity contribution in [3.8, 4) is 0 Å². The topological polar surface area (TPSA) is 125 Å². The van der Waals surface area contributed by atoms with Crippen molar-refractivity contribution in [1.82, 2.24) is 10.6 Å². The van der Waals surface area contributed by atoms with Crippen LogP contribution in [0.3, 0.4) is 0 Å². The van der Waals surface area contributed by atoms with E-state index in [2.05, 4.69) is 10.6 Å². The summed E-state index contributed by atoms with van der Waals surface area (Å²) in [6, 6.07) is 22.8. The zero-order valence-corrected chi connectivity index (χ0v) is 24.8. The minimum absolute atomic E-state index is 0. The molecule has 0 aromatic heterocycles. The van der Waals surface area contributed by atoms with Crippen LogP contribution >= 0.6 is 12.4 Å². The Kier molecular flexibility index (Phi) is 9.43. The fraction of sp³-hybridized carbons (Fsp3) is 0.219. The number of halogens is 1. The van der Waals surface area contributed by atoms with Gasteiger partial charge in [-0.25, -0.2) is 0 Å². The van der Waals surface area contributed by atoms with Crippen LogP contribution < -0.4 is 20.4 Å². The van der Waals surface area contributed by atoms with Gasteiger partial charge in [-0.2, -0.15) is 0 Å². The first kappa shape index (κ1) is 31.1. The summed E-state index contributed by atoms with van der Waals surface area (Å²) in [4.78, 5) is 55.0. The monoisotopic (exact) mass is 601 g/mol. The fourth-order valence-electron chi connectivity index (χ4n) is 5.17. The van der Waals surface area contributed by atoms with Crippen LogP contribution in [0.4, 0.5) is 17.1 Å². The molecule has 3 amide bonds. The van der Waals surface area contributed by atoms with E-state index in [1.54, 1.807) is 43.1 Å². The molecule has 43 heavy (non-hydrogen) atoms. The van der Waals surface area contributed by atoms with E-state index in [0.29, 0.717) is 11.4 Å². The lowest BCUT2D eigenvalue weighted by Crippen LogP contribution is -2.55. The number of hydrogen-bond donors (Lipinski definition) is 2. The van der Waals surface area contributed by atoms with E-state index in [4.69, 9.17) is 0 Å². The molecule has 5 rings (SSSR count). The van der Waals surface area contributed by atoms with E-state index >= 15 is 0 Å². The number of nitrogens with one attached hydrogen (secondary N) is 2. The van der Waals surface area contributed by atoms with Crippen LogP contribution in [0, 0.1) is 17.0 Å². The lowest BCUT2D eigenvalue weighted by atomic mass is 9.99. The van der Waals surface area contributed by atoms with E-state index < -0.39 is 22.9 Å². The third-order valence-corrected chi connectivity index (χ3v) is 7.70. The smallest absolute Gasteiger partial charge is 0.269 e. The van der Waals surface area contributed by atoms with Gasteiger partial charge in [0, 0.05) is 17.7 Å². The summed E-state index contributed by atoms with van der Waals surface area (Å²) in [6.07, 6.45) is 0. The second-order valence-electron chi connectivity index (χ2n) is 10.3. The molecule has 222 valence electrons. The number of hydrogen-bond acceptors (Lipinski definition) is 6. The van der Waals surface area contributed by atoms with Crippen LogP contribution in [-0.4, -0.2) is 48.3 Å². The molecule has 2 N–H and O–H groups in total. The van der Waals surface area contributed by atoms with Gasteiger partial charge in [0.05, 0.1) is 35.4 Å². The molecule has 0 spiro atoms. The first-order chi connectivity index (χ1) is 20.2. The molecule has 1 aliphatic heterocycles. The molecule has 0 radical (unpaired) electrons. The lowest BCUT2D eigenvalue weighted by molar-refractivity contribution is -0.384. The Morgan fingerprint density at radius 1 is 0.977 bits per heavy atom. The Hall–Kier alpha value is -4.80. The molecule has 4 aromatic rings. The predicted octanol–water partition coefficient (Wildman–Crippen LogP) is 4.76. The number of amides is 3. The van der Waals surface area contributed by atoms with Gasteiger partial charge in [-0.15, -0.1) is 12.4 Å². The summed E-state index contributed by atoms with van der Waals surface area (Å²) in [5.41, 5.74) is 3.05. The maximum Gasteiger partial charge on any atom is 0.269 e. The number of para-hydroxylation sites is 2. The standard InChI is InChI=1S/C32H31N5O5.ClH/c1-20-12-13-22-8-4-5-9-25(22)26(20)18-35-28-10-6-7-11-29(28)36(19-27(32(35)40)34-30(38)21(2)33-3)31(39)23-14-16-24(17-15-23)37(41)42;/h4-17,21,27,33H,18-19H2,1-3H3,(H,34,38);1H. The van der Waals surface area contributed by atoms with Gasteiger partial charge in [0.25, 0.3) is 17.5 Å². The van der Waals surface area contributed by atoms with Crippen molar-refractivity contribution >= 4 is 58.0 Å². The molecule has 0 saturated heterocycles. The lowest BCUT2D eigenvalue weighted by Gasteiger charge is -2.27. The number of non-ortho nitro benzene ring substituents is 1.